The van der Waals surface area contributed by atoms with Gasteiger partial charge >= 0.3 is 0 Å². The van der Waals surface area contributed by atoms with E-state index in [1.54, 1.807) is 23.6 Å². The lowest BCUT2D eigenvalue weighted by atomic mass is 10.2. The van der Waals surface area contributed by atoms with Crippen LogP contribution in [0.15, 0.2) is 29.6 Å². The molecule has 0 bridgehead atoms. The lowest BCUT2D eigenvalue weighted by molar-refractivity contribution is 0.311. The fourth-order valence-corrected chi connectivity index (χ4v) is 5.27. The van der Waals surface area contributed by atoms with Gasteiger partial charge in [0.25, 0.3) is 0 Å². The highest BCUT2D eigenvalue weighted by Crippen LogP contribution is 2.33. The molecule has 0 fully saturated rings. The molecule has 32 heavy (non-hydrogen) atoms. The summed E-state index contributed by atoms with van der Waals surface area (Å²) in [5, 5.41) is 1.38. The molecule has 0 saturated heterocycles. The Kier molecular flexibility index (Phi) is 8.23. The van der Waals surface area contributed by atoms with Crippen LogP contribution in [-0.2, 0) is 22.2 Å². The molecule has 3 aromatic rings. The topological polar surface area (TPSA) is 159 Å². The smallest absolute Gasteiger partial charge is 0.213 e. The second-order valence-electron chi connectivity index (χ2n) is 6.83. The number of thiazole rings is 1. The number of nitrogens with one attached hydrogen (secondary N) is 1. The summed E-state index contributed by atoms with van der Waals surface area (Å²) in [6, 6.07) is 5.19. The van der Waals surface area contributed by atoms with E-state index in [4.69, 9.17) is 21.2 Å². The standard InChI is InChI=1S/C19H25N7O3S3/c1-3-4-14-13(11-30-19-25-15(20)10-16(21)26-19)24-18(31-14)12-5-6-22-17(9-12)29-8-7-23-32(2,27)28/h5-6,9-10,23H,3-4,7-8,11H2,1-2H3,(H4,20,21,25,26). The van der Waals surface area contributed by atoms with E-state index >= 15 is 0 Å². The average Bonchev–Trinajstić information content (AvgIpc) is 3.12. The summed E-state index contributed by atoms with van der Waals surface area (Å²) >= 11 is 3.07. The first-order valence-electron chi connectivity index (χ1n) is 9.78. The third-order valence-electron chi connectivity index (χ3n) is 4.04. The Morgan fingerprint density at radius 3 is 2.62 bits per heavy atom. The van der Waals surface area contributed by atoms with E-state index in [0.29, 0.717) is 28.4 Å². The van der Waals surface area contributed by atoms with Gasteiger partial charge in [0.2, 0.25) is 15.9 Å². The number of rotatable bonds is 11. The molecule has 10 nitrogen and oxygen atoms in total. The van der Waals surface area contributed by atoms with Crippen LogP contribution >= 0.6 is 23.1 Å². The molecule has 13 heteroatoms. The molecular weight excluding hydrogens is 470 g/mol. The quantitative estimate of drug-likeness (QED) is 0.205. The lowest BCUT2D eigenvalue weighted by Gasteiger charge is -2.06. The monoisotopic (exact) mass is 495 g/mol. The molecule has 0 spiro atoms. The van der Waals surface area contributed by atoms with Crippen LogP contribution in [0.4, 0.5) is 11.6 Å². The highest BCUT2D eigenvalue weighted by molar-refractivity contribution is 7.98. The number of anilines is 2. The second kappa shape index (κ2) is 10.9. The van der Waals surface area contributed by atoms with Crippen molar-refractivity contribution in [3.8, 4) is 16.5 Å². The van der Waals surface area contributed by atoms with E-state index in [1.165, 1.54) is 22.7 Å². The zero-order chi connectivity index (χ0) is 23.1. The summed E-state index contributed by atoms with van der Waals surface area (Å²) in [6.07, 6.45) is 4.66. The Hall–Kier alpha value is -2.48. The van der Waals surface area contributed by atoms with Gasteiger partial charge in [-0.1, -0.05) is 25.1 Å². The maximum absolute atomic E-state index is 11.1. The van der Waals surface area contributed by atoms with E-state index in [9.17, 15) is 8.42 Å². The van der Waals surface area contributed by atoms with E-state index in [0.717, 1.165) is 35.4 Å². The molecular formula is C19H25N7O3S3. The Bertz CT molecular complexity index is 1150. The molecule has 3 heterocycles. The summed E-state index contributed by atoms with van der Waals surface area (Å²) in [5.74, 6) is 1.68. The number of hydrogen-bond donors (Lipinski definition) is 3. The first-order valence-corrected chi connectivity index (χ1v) is 13.5. The van der Waals surface area contributed by atoms with Crippen LogP contribution in [0.2, 0.25) is 0 Å². The number of thioether (sulfide) groups is 1. The van der Waals surface area contributed by atoms with Crippen molar-refractivity contribution in [2.45, 2.75) is 30.7 Å². The molecule has 172 valence electrons. The summed E-state index contributed by atoms with van der Waals surface area (Å²) in [7, 11) is -3.25. The number of nitrogens with zero attached hydrogens (tertiary/aromatic N) is 4. The third-order valence-corrected chi connectivity index (χ3v) is 6.83. The van der Waals surface area contributed by atoms with Gasteiger partial charge in [-0.25, -0.2) is 33.1 Å². The van der Waals surface area contributed by atoms with Crippen molar-refractivity contribution in [3.63, 3.8) is 0 Å². The molecule has 0 atom stereocenters. The molecule has 3 aromatic heterocycles. The van der Waals surface area contributed by atoms with Gasteiger partial charge in [0.1, 0.15) is 23.3 Å². The number of nitrogen functional groups attached to an aromatic ring is 2. The van der Waals surface area contributed by atoms with Gasteiger partial charge in [-0.15, -0.1) is 11.3 Å². The van der Waals surface area contributed by atoms with Gasteiger partial charge in [-0.05, 0) is 12.5 Å². The molecule has 5 N–H and O–H groups in total. The van der Waals surface area contributed by atoms with Gasteiger partial charge in [0.05, 0.1) is 11.9 Å². The van der Waals surface area contributed by atoms with Gasteiger partial charge < -0.3 is 16.2 Å². The molecule has 0 aliphatic heterocycles. The van der Waals surface area contributed by atoms with Crippen LogP contribution in [0.5, 0.6) is 5.88 Å². The molecule has 0 amide bonds. The maximum atomic E-state index is 11.1. The number of pyridine rings is 1. The fraction of sp³-hybridized carbons (Fsp3) is 0.368. The maximum Gasteiger partial charge on any atom is 0.213 e. The highest BCUT2D eigenvalue weighted by atomic mass is 32.2. The van der Waals surface area contributed by atoms with Gasteiger partial charge in [-0.2, -0.15) is 0 Å². The van der Waals surface area contributed by atoms with Crippen molar-refractivity contribution in [1.82, 2.24) is 24.7 Å². The van der Waals surface area contributed by atoms with Crippen LogP contribution < -0.4 is 20.9 Å². The zero-order valence-electron chi connectivity index (χ0n) is 17.7. The summed E-state index contributed by atoms with van der Waals surface area (Å²) in [4.78, 5) is 18.6. The number of aryl methyl sites for hydroxylation is 1. The minimum absolute atomic E-state index is 0.167. The van der Waals surface area contributed by atoms with Crippen molar-refractivity contribution in [1.29, 1.82) is 0 Å². The van der Waals surface area contributed by atoms with Gasteiger partial charge in [0.15, 0.2) is 5.16 Å². The number of ether oxygens (including phenoxy) is 1. The van der Waals surface area contributed by atoms with Crippen LogP contribution in [0.1, 0.15) is 23.9 Å². The lowest BCUT2D eigenvalue weighted by Crippen LogP contribution is -2.27. The van der Waals surface area contributed by atoms with E-state index in [-0.39, 0.29) is 13.2 Å². The predicted molar refractivity (Wildman–Crippen MR) is 128 cm³/mol. The molecule has 0 aliphatic rings. The van der Waals surface area contributed by atoms with E-state index in [2.05, 4.69) is 26.6 Å². The van der Waals surface area contributed by atoms with Crippen molar-refractivity contribution < 1.29 is 13.2 Å². The number of aromatic nitrogens is 4. The molecule has 0 aliphatic carbocycles. The number of hydrogen-bond acceptors (Lipinski definition) is 11. The predicted octanol–water partition coefficient (Wildman–Crippen LogP) is 2.33. The van der Waals surface area contributed by atoms with Crippen LogP contribution in [0.3, 0.4) is 0 Å². The highest BCUT2D eigenvalue weighted by Gasteiger charge is 2.14. The Labute approximate surface area is 195 Å². The summed E-state index contributed by atoms with van der Waals surface area (Å²) < 4.78 is 30.2. The first kappa shape index (κ1) is 24.2. The fourth-order valence-electron chi connectivity index (χ4n) is 2.71. The van der Waals surface area contributed by atoms with Crippen molar-refractivity contribution in [3.05, 3.63) is 35.0 Å². The van der Waals surface area contributed by atoms with Crippen molar-refractivity contribution >= 4 is 44.8 Å². The largest absolute Gasteiger partial charge is 0.476 e. The minimum atomic E-state index is -3.25. The van der Waals surface area contributed by atoms with E-state index in [1.807, 2.05) is 6.07 Å². The summed E-state index contributed by atoms with van der Waals surface area (Å²) in [6.45, 7) is 2.47. The number of sulfonamides is 1. The first-order chi connectivity index (χ1) is 15.2. The number of nitrogens with two attached hydrogens (primary N) is 2. The molecule has 0 radical (unpaired) electrons. The Balaban J connectivity index is 1.72. The molecule has 0 saturated carbocycles. The molecule has 3 rings (SSSR count). The Morgan fingerprint density at radius 2 is 1.94 bits per heavy atom. The van der Waals surface area contributed by atoms with Crippen LogP contribution in [-0.4, -0.2) is 47.8 Å². The molecule has 0 aromatic carbocycles. The van der Waals surface area contributed by atoms with Crippen LogP contribution in [0, 0.1) is 0 Å². The zero-order valence-corrected chi connectivity index (χ0v) is 20.2. The van der Waals surface area contributed by atoms with Crippen molar-refractivity contribution in [2.75, 3.05) is 30.9 Å². The third kappa shape index (κ3) is 7.29. The SMILES string of the molecule is CCCc1sc(-c2ccnc(OCCNS(C)(=O)=O)c2)nc1CSc1nc(N)cc(N)n1. The Morgan fingerprint density at radius 1 is 1.19 bits per heavy atom. The molecule has 0 unspecified atom stereocenters. The minimum Gasteiger partial charge on any atom is -0.476 e. The van der Waals surface area contributed by atoms with Crippen molar-refractivity contribution in [2.24, 2.45) is 0 Å². The van der Waals surface area contributed by atoms with Gasteiger partial charge in [0, 0.05) is 41.1 Å². The summed E-state index contributed by atoms with van der Waals surface area (Å²) in [5.41, 5.74) is 13.4. The second-order valence-corrected chi connectivity index (χ2v) is 10.7. The van der Waals surface area contributed by atoms with Crippen LogP contribution in [0.25, 0.3) is 10.6 Å². The van der Waals surface area contributed by atoms with E-state index < -0.39 is 10.0 Å². The van der Waals surface area contributed by atoms with Gasteiger partial charge in [-0.3, -0.25) is 0 Å². The average molecular weight is 496 g/mol. The normalized spacial score (nSPS) is 11.6.